The van der Waals surface area contributed by atoms with Crippen molar-refractivity contribution in [2.24, 2.45) is 0 Å². The Morgan fingerprint density at radius 3 is 2.76 bits per heavy atom. The number of carbonyl (C=O) groups is 2. The number of aromatic nitrogens is 2. The van der Waals surface area contributed by atoms with Gasteiger partial charge in [0.2, 0.25) is 11.8 Å². The number of carbonyl (C=O) groups excluding carboxylic acids is 2. The molecule has 8 heteroatoms. The highest BCUT2D eigenvalue weighted by Gasteiger charge is 2.40. The Kier molecular flexibility index (Phi) is 4.35. The summed E-state index contributed by atoms with van der Waals surface area (Å²) in [4.78, 5) is 23.7. The zero-order valence-electron chi connectivity index (χ0n) is 15.5. The van der Waals surface area contributed by atoms with E-state index in [2.05, 4.69) is 15.5 Å². The van der Waals surface area contributed by atoms with Gasteiger partial charge in [-0.05, 0) is 31.0 Å². The molecule has 0 spiro atoms. The number of rotatable bonds is 3. The van der Waals surface area contributed by atoms with Crippen molar-refractivity contribution in [1.82, 2.24) is 15.5 Å². The first kappa shape index (κ1) is 17.9. The molecule has 29 heavy (non-hydrogen) atoms. The van der Waals surface area contributed by atoms with Gasteiger partial charge in [0.05, 0.1) is 12.3 Å². The average Bonchev–Trinajstić information content (AvgIpc) is 3.07. The van der Waals surface area contributed by atoms with Crippen LogP contribution in [0, 0.1) is 6.92 Å². The molecule has 1 N–H and O–H groups in total. The fourth-order valence-electron chi connectivity index (χ4n) is 3.81. The Balaban J connectivity index is 1.47. The first-order valence-electron chi connectivity index (χ1n) is 9.28. The van der Waals surface area contributed by atoms with Crippen LogP contribution in [0.5, 0.6) is 17.4 Å². The second-order valence-corrected chi connectivity index (χ2v) is 8.11. The van der Waals surface area contributed by atoms with Gasteiger partial charge in [0.15, 0.2) is 0 Å². The van der Waals surface area contributed by atoms with Crippen LogP contribution in [0.15, 0.2) is 42.5 Å². The third-order valence-corrected chi connectivity index (χ3v) is 6.32. The lowest BCUT2D eigenvalue weighted by molar-refractivity contribution is -0.119. The molecule has 2 aromatic carbocycles. The lowest BCUT2D eigenvalue weighted by Gasteiger charge is -2.28. The molecule has 2 aliphatic heterocycles. The second kappa shape index (κ2) is 7.04. The third kappa shape index (κ3) is 3.19. The van der Waals surface area contributed by atoms with Gasteiger partial charge >= 0.3 is 0 Å². The first-order chi connectivity index (χ1) is 14.1. The van der Waals surface area contributed by atoms with Gasteiger partial charge in [-0.25, -0.2) is 0 Å². The molecule has 0 radical (unpaired) electrons. The van der Waals surface area contributed by atoms with Gasteiger partial charge in [-0.2, -0.15) is 5.10 Å². The van der Waals surface area contributed by atoms with Gasteiger partial charge in [-0.3, -0.25) is 14.9 Å². The Morgan fingerprint density at radius 1 is 1.14 bits per heavy atom. The number of fused-ring (bicyclic) bond motifs is 2. The van der Waals surface area contributed by atoms with Crippen LogP contribution in [0.3, 0.4) is 0 Å². The van der Waals surface area contributed by atoms with E-state index in [4.69, 9.17) is 9.47 Å². The van der Waals surface area contributed by atoms with Gasteiger partial charge in [-0.15, -0.1) is 5.10 Å². The summed E-state index contributed by atoms with van der Waals surface area (Å²) in [5, 5.41) is 11.9. The zero-order chi connectivity index (χ0) is 20.0. The van der Waals surface area contributed by atoms with Crippen molar-refractivity contribution in [2.45, 2.75) is 24.5 Å². The number of thioether (sulfide) groups is 1. The number of benzene rings is 2. The fourth-order valence-corrected chi connectivity index (χ4v) is 4.81. The summed E-state index contributed by atoms with van der Waals surface area (Å²) >= 11 is 1.05. The van der Waals surface area contributed by atoms with Crippen molar-refractivity contribution in [1.29, 1.82) is 0 Å². The SMILES string of the molecule is Cc1nnc(Oc2ccc3c(c2)OCC[C@H]3C2SC(=O)NC2=O)c2ccccc12. The molecule has 1 fully saturated rings. The fraction of sp³-hybridized carbons (Fsp3) is 0.238. The minimum absolute atomic E-state index is 0.0794. The molecule has 1 unspecified atom stereocenters. The Hall–Kier alpha value is -3.13. The van der Waals surface area contributed by atoms with Crippen molar-refractivity contribution in [2.75, 3.05) is 6.61 Å². The maximum Gasteiger partial charge on any atom is 0.286 e. The summed E-state index contributed by atoms with van der Waals surface area (Å²) in [6.07, 6.45) is 0.680. The zero-order valence-corrected chi connectivity index (χ0v) is 16.4. The van der Waals surface area contributed by atoms with Crippen LogP contribution in [0.2, 0.25) is 0 Å². The Bertz CT molecular complexity index is 1150. The van der Waals surface area contributed by atoms with E-state index in [1.54, 1.807) is 6.07 Å². The van der Waals surface area contributed by atoms with Gasteiger partial charge in [0.25, 0.3) is 5.24 Å². The number of amides is 2. The molecule has 0 saturated carbocycles. The molecular weight excluding hydrogens is 390 g/mol. The van der Waals surface area contributed by atoms with Crippen molar-refractivity contribution in [3.8, 4) is 17.4 Å². The third-order valence-electron chi connectivity index (χ3n) is 5.21. The van der Waals surface area contributed by atoms with Gasteiger partial charge < -0.3 is 9.47 Å². The summed E-state index contributed by atoms with van der Waals surface area (Å²) in [5.41, 5.74) is 1.75. The normalized spacial score (nSPS) is 20.9. The highest BCUT2D eigenvalue weighted by Crippen LogP contribution is 2.43. The van der Waals surface area contributed by atoms with Crippen LogP contribution in [0.25, 0.3) is 10.8 Å². The average molecular weight is 407 g/mol. The molecule has 1 aromatic heterocycles. The minimum atomic E-state index is -0.427. The Labute approximate surface area is 170 Å². The molecule has 2 atom stereocenters. The number of nitrogens with one attached hydrogen (secondary N) is 1. The van der Waals surface area contributed by atoms with Crippen LogP contribution >= 0.6 is 11.8 Å². The molecule has 3 heterocycles. The van der Waals surface area contributed by atoms with Gasteiger partial charge in [0.1, 0.15) is 16.7 Å². The molecule has 1 saturated heterocycles. The van der Waals surface area contributed by atoms with Crippen molar-refractivity contribution in [3.05, 3.63) is 53.7 Å². The summed E-state index contributed by atoms with van der Waals surface area (Å²) in [7, 11) is 0. The number of aryl methyl sites for hydroxylation is 1. The van der Waals surface area contributed by atoms with Crippen molar-refractivity contribution >= 4 is 33.7 Å². The van der Waals surface area contributed by atoms with E-state index in [0.29, 0.717) is 30.4 Å². The number of ether oxygens (including phenoxy) is 2. The van der Waals surface area contributed by atoms with Gasteiger partial charge in [0, 0.05) is 22.8 Å². The van der Waals surface area contributed by atoms with E-state index < -0.39 is 5.25 Å². The smallest absolute Gasteiger partial charge is 0.286 e. The van der Waals surface area contributed by atoms with Crippen LogP contribution in [0.1, 0.15) is 23.6 Å². The lowest BCUT2D eigenvalue weighted by Crippen LogP contribution is -2.31. The monoisotopic (exact) mass is 407 g/mol. The van der Waals surface area contributed by atoms with Crippen LogP contribution in [0.4, 0.5) is 4.79 Å². The molecular formula is C21H17N3O4S. The molecule has 0 aliphatic carbocycles. The molecule has 5 rings (SSSR count). The van der Waals surface area contributed by atoms with E-state index in [1.807, 2.05) is 43.3 Å². The molecule has 146 valence electrons. The maximum atomic E-state index is 12.1. The van der Waals surface area contributed by atoms with Crippen molar-refractivity contribution < 1.29 is 19.1 Å². The van der Waals surface area contributed by atoms with E-state index in [-0.39, 0.29) is 17.1 Å². The topological polar surface area (TPSA) is 90.4 Å². The van der Waals surface area contributed by atoms with E-state index in [0.717, 1.165) is 33.8 Å². The summed E-state index contributed by atoms with van der Waals surface area (Å²) in [6, 6.07) is 13.4. The number of nitrogens with zero attached hydrogens (tertiary/aromatic N) is 2. The van der Waals surface area contributed by atoms with E-state index in [9.17, 15) is 9.59 Å². The minimum Gasteiger partial charge on any atom is -0.493 e. The van der Waals surface area contributed by atoms with E-state index >= 15 is 0 Å². The highest BCUT2D eigenvalue weighted by molar-refractivity contribution is 8.15. The molecule has 7 nitrogen and oxygen atoms in total. The summed E-state index contributed by atoms with van der Waals surface area (Å²) in [6.45, 7) is 2.39. The Morgan fingerprint density at radius 2 is 1.97 bits per heavy atom. The predicted octanol–water partition coefficient (Wildman–Crippen LogP) is 3.95. The summed E-state index contributed by atoms with van der Waals surface area (Å²) < 4.78 is 11.8. The van der Waals surface area contributed by atoms with Crippen molar-refractivity contribution in [3.63, 3.8) is 0 Å². The number of hydrogen-bond acceptors (Lipinski definition) is 7. The van der Waals surface area contributed by atoms with Crippen LogP contribution in [-0.4, -0.2) is 33.2 Å². The second-order valence-electron chi connectivity index (χ2n) is 7.00. The lowest BCUT2D eigenvalue weighted by atomic mass is 9.89. The molecule has 0 bridgehead atoms. The van der Waals surface area contributed by atoms with Crippen LogP contribution in [-0.2, 0) is 4.79 Å². The highest BCUT2D eigenvalue weighted by atomic mass is 32.2. The maximum absolute atomic E-state index is 12.1. The molecule has 2 amide bonds. The van der Waals surface area contributed by atoms with Gasteiger partial charge in [-0.1, -0.05) is 36.0 Å². The summed E-state index contributed by atoms with van der Waals surface area (Å²) in [5.74, 6) is 1.35. The van der Waals surface area contributed by atoms with Crippen LogP contribution < -0.4 is 14.8 Å². The molecule has 2 aliphatic rings. The standard InChI is InChI=1S/C21H17N3O4S/c1-11-13-4-2-3-5-16(13)20(24-23-11)28-12-6-7-14-15(8-9-27-17(14)10-12)18-19(25)22-21(26)29-18/h2-7,10,15,18H,8-9H2,1H3,(H,22,25,26)/t15-,18?/m1/s1. The quantitative estimate of drug-likeness (QED) is 0.703. The molecule has 3 aromatic rings. The van der Waals surface area contributed by atoms with E-state index in [1.165, 1.54) is 0 Å². The predicted molar refractivity (Wildman–Crippen MR) is 109 cm³/mol. The largest absolute Gasteiger partial charge is 0.493 e. The number of hydrogen-bond donors (Lipinski definition) is 1. The first-order valence-corrected chi connectivity index (χ1v) is 10.2. The number of imide groups is 1.